The molecule has 0 amide bonds. The molecule has 2 aromatic carbocycles. The Morgan fingerprint density at radius 1 is 1.25 bits per heavy atom. The summed E-state index contributed by atoms with van der Waals surface area (Å²) in [5.41, 5.74) is 2.13. The molecule has 3 aromatic rings. The Morgan fingerprint density at radius 2 is 2.06 bits per heavy atom. The van der Waals surface area contributed by atoms with E-state index in [1.54, 1.807) is 19.4 Å². The van der Waals surface area contributed by atoms with Gasteiger partial charge in [-0.2, -0.15) is 8.42 Å². The molecule has 1 aliphatic heterocycles. The van der Waals surface area contributed by atoms with Gasteiger partial charge in [0, 0.05) is 11.4 Å². The lowest BCUT2D eigenvalue weighted by Gasteiger charge is -2.19. The fourth-order valence-electron chi connectivity index (χ4n) is 3.58. The number of aromatic nitrogens is 1. The first-order valence-corrected chi connectivity index (χ1v) is 11.6. The maximum atomic E-state index is 12.9. The molecule has 1 atom stereocenters. The molecule has 0 saturated heterocycles. The van der Waals surface area contributed by atoms with Crippen LogP contribution in [0.5, 0.6) is 5.75 Å². The van der Waals surface area contributed by atoms with Gasteiger partial charge in [-0.15, -0.1) is 4.40 Å². The molecule has 0 fully saturated rings. The standard InChI is InChI=1S/C22H20ClN3O5S/c1-13-9-14(11-16(10-13)30-2)17(22-24-7-8-31-22)4-6-19(27)21-25-18-5-3-15(23)12-20(18)32(28,29)26-21/h3,5,7-12,17H,4,6H2,1-2H3,(H,25,26). The second-order valence-corrected chi connectivity index (χ2v) is 9.36. The maximum Gasteiger partial charge on any atom is 0.286 e. The van der Waals surface area contributed by atoms with E-state index >= 15 is 0 Å². The second kappa shape index (κ2) is 8.76. The summed E-state index contributed by atoms with van der Waals surface area (Å²) in [6, 6.07) is 10.1. The number of carbonyl (C=O) groups is 1. The van der Waals surface area contributed by atoms with Crippen LogP contribution in [0.3, 0.4) is 0 Å². The Hall–Kier alpha value is -3.17. The number of amidine groups is 1. The summed E-state index contributed by atoms with van der Waals surface area (Å²) in [5.74, 6) is 0.145. The van der Waals surface area contributed by atoms with Crippen molar-refractivity contribution in [1.29, 1.82) is 0 Å². The normalized spacial score (nSPS) is 15.3. The molecule has 0 saturated carbocycles. The van der Waals surface area contributed by atoms with Crippen LogP contribution in [0.1, 0.15) is 35.8 Å². The number of nitrogens with one attached hydrogen (secondary N) is 1. The fourth-order valence-corrected chi connectivity index (χ4v) is 4.98. The lowest BCUT2D eigenvalue weighted by atomic mass is 9.91. The van der Waals surface area contributed by atoms with Crippen LogP contribution >= 0.6 is 11.6 Å². The highest BCUT2D eigenvalue weighted by Crippen LogP contribution is 2.33. The van der Waals surface area contributed by atoms with Crippen molar-refractivity contribution in [2.75, 3.05) is 12.4 Å². The minimum absolute atomic E-state index is 0.0214. The van der Waals surface area contributed by atoms with Crippen LogP contribution in [0.4, 0.5) is 5.69 Å². The third-order valence-electron chi connectivity index (χ3n) is 5.07. The number of hydrogen-bond acceptors (Lipinski definition) is 7. The van der Waals surface area contributed by atoms with Crippen LogP contribution in [0.15, 0.2) is 62.6 Å². The molecule has 8 nitrogen and oxygen atoms in total. The van der Waals surface area contributed by atoms with E-state index in [1.165, 1.54) is 18.4 Å². The fraction of sp³-hybridized carbons (Fsp3) is 0.227. The van der Waals surface area contributed by atoms with E-state index in [2.05, 4.69) is 14.7 Å². The highest BCUT2D eigenvalue weighted by Gasteiger charge is 2.29. The molecule has 0 spiro atoms. The number of rotatable bonds is 7. The summed E-state index contributed by atoms with van der Waals surface area (Å²) >= 11 is 5.90. The summed E-state index contributed by atoms with van der Waals surface area (Å²) < 4.78 is 39.6. The lowest BCUT2D eigenvalue weighted by molar-refractivity contribution is -0.113. The smallest absolute Gasteiger partial charge is 0.286 e. The Labute approximate surface area is 190 Å². The molecule has 4 rings (SSSR count). The quantitative estimate of drug-likeness (QED) is 0.543. The molecule has 0 aliphatic carbocycles. The van der Waals surface area contributed by atoms with Gasteiger partial charge in [-0.1, -0.05) is 17.7 Å². The van der Waals surface area contributed by atoms with Crippen molar-refractivity contribution < 1.29 is 22.4 Å². The highest BCUT2D eigenvalue weighted by molar-refractivity contribution is 7.90. The first-order chi connectivity index (χ1) is 15.3. The predicted octanol–water partition coefficient (Wildman–Crippen LogP) is 4.34. The molecule has 1 aliphatic rings. The molecule has 0 radical (unpaired) electrons. The number of sulfonamides is 1. The number of Topliss-reactive ketones (excluding diaryl/α,β-unsaturated/α-hetero) is 1. The zero-order valence-corrected chi connectivity index (χ0v) is 18.9. The van der Waals surface area contributed by atoms with Crippen molar-refractivity contribution in [3.8, 4) is 5.75 Å². The summed E-state index contributed by atoms with van der Waals surface area (Å²) in [6.45, 7) is 1.94. The molecule has 1 aromatic heterocycles. The van der Waals surface area contributed by atoms with Crippen LogP contribution in [0.2, 0.25) is 5.02 Å². The van der Waals surface area contributed by atoms with Crippen LogP contribution < -0.4 is 10.1 Å². The number of aryl methyl sites for hydroxylation is 1. The first-order valence-electron chi connectivity index (χ1n) is 9.76. The number of ketones is 1. The molecule has 2 heterocycles. The third-order valence-corrected chi connectivity index (χ3v) is 6.62. The average molecular weight is 474 g/mol. The number of methoxy groups -OCH3 is 1. The van der Waals surface area contributed by atoms with Crippen molar-refractivity contribution in [2.45, 2.75) is 30.6 Å². The van der Waals surface area contributed by atoms with Gasteiger partial charge in [0.15, 0.2) is 11.6 Å². The van der Waals surface area contributed by atoms with Gasteiger partial charge < -0.3 is 14.5 Å². The van der Waals surface area contributed by atoms with E-state index < -0.39 is 15.8 Å². The van der Waals surface area contributed by atoms with Gasteiger partial charge in [0.05, 0.1) is 24.9 Å². The predicted molar refractivity (Wildman–Crippen MR) is 120 cm³/mol. The van der Waals surface area contributed by atoms with E-state index in [4.69, 9.17) is 20.8 Å². The minimum atomic E-state index is -4.03. The van der Waals surface area contributed by atoms with Gasteiger partial charge in [0.1, 0.15) is 16.9 Å². The SMILES string of the molecule is COc1cc(C)cc(C(CCC(=O)C2=NS(=O)(=O)c3cc(Cl)ccc3N2)c2ncco2)c1. The number of benzene rings is 2. The van der Waals surface area contributed by atoms with E-state index in [1.807, 2.05) is 25.1 Å². The topological polar surface area (TPSA) is 111 Å². The van der Waals surface area contributed by atoms with Gasteiger partial charge in [0.25, 0.3) is 10.0 Å². The molecule has 1 unspecified atom stereocenters. The Kier molecular flexibility index (Phi) is 6.03. The van der Waals surface area contributed by atoms with Crippen molar-refractivity contribution >= 4 is 38.9 Å². The largest absolute Gasteiger partial charge is 0.497 e. The van der Waals surface area contributed by atoms with Gasteiger partial charge in [-0.25, -0.2) is 4.98 Å². The Morgan fingerprint density at radius 3 is 2.78 bits per heavy atom. The molecule has 1 N–H and O–H groups in total. The molecular weight excluding hydrogens is 454 g/mol. The third kappa shape index (κ3) is 4.53. The Balaban J connectivity index is 1.58. The number of nitrogens with zero attached hydrogens (tertiary/aromatic N) is 2. The minimum Gasteiger partial charge on any atom is -0.497 e. The second-order valence-electron chi connectivity index (χ2n) is 7.35. The Bertz CT molecular complexity index is 1300. The van der Waals surface area contributed by atoms with Crippen LogP contribution in [-0.4, -0.2) is 32.1 Å². The van der Waals surface area contributed by atoms with E-state index in [-0.39, 0.29) is 33.8 Å². The maximum absolute atomic E-state index is 12.9. The zero-order valence-electron chi connectivity index (χ0n) is 17.3. The van der Waals surface area contributed by atoms with Crippen molar-refractivity contribution in [3.05, 3.63) is 70.9 Å². The number of halogens is 1. The highest BCUT2D eigenvalue weighted by atomic mass is 35.5. The number of ether oxygens (including phenoxy) is 1. The average Bonchev–Trinajstić information content (AvgIpc) is 3.28. The molecular formula is C22H20ClN3O5S. The summed E-state index contributed by atoms with van der Waals surface area (Å²) in [7, 11) is -2.45. The van der Waals surface area contributed by atoms with Crippen molar-refractivity contribution in [2.24, 2.45) is 4.40 Å². The van der Waals surface area contributed by atoms with E-state index in [9.17, 15) is 13.2 Å². The number of hydrogen-bond donors (Lipinski definition) is 1. The van der Waals surface area contributed by atoms with Gasteiger partial charge in [-0.3, -0.25) is 4.79 Å². The van der Waals surface area contributed by atoms with Gasteiger partial charge in [-0.05, 0) is 54.8 Å². The van der Waals surface area contributed by atoms with Crippen LogP contribution in [0.25, 0.3) is 0 Å². The van der Waals surface area contributed by atoms with Crippen molar-refractivity contribution in [3.63, 3.8) is 0 Å². The van der Waals surface area contributed by atoms with E-state index in [0.717, 1.165) is 11.1 Å². The van der Waals surface area contributed by atoms with Crippen LogP contribution in [0, 0.1) is 6.92 Å². The molecule has 32 heavy (non-hydrogen) atoms. The molecule has 0 bridgehead atoms. The first kappa shape index (κ1) is 22.0. The summed E-state index contributed by atoms with van der Waals surface area (Å²) in [5, 5.41) is 3.07. The monoisotopic (exact) mass is 473 g/mol. The number of carbonyl (C=O) groups excluding carboxylic acids is 1. The number of anilines is 1. The number of oxazole rings is 1. The molecule has 166 valence electrons. The van der Waals surface area contributed by atoms with E-state index in [0.29, 0.717) is 18.1 Å². The van der Waals surface area contributed by atoms with Gasteiger partial charge >= 0.3 is 0 Å². The zero-order chi connectivity index (χ0) is 22.9. The summed E-state index contributed by atoms with van der Waals surface area (Å²) in [4.78, 5) is 17.1. The molecule has 10 heteroatoms. The summed E-state index contributed by atoms with van der Waals surface area (Å²) in [6.07, 6.45) is 3.37. The number of fused-ring (bicyclic) bond motifs is 1. The van der Waals surface area contributed by atoms with Gasteiger partial charge in [0.2, 0.25) is 5.89 Å². The lowest BCUT2D eigenvalue weighted by Crippen LogP contribution is -2.29. The van der Waals surface area contributed by atoms with Crippen LogP contribution in [-0.2, 0) is 14.8 Å². The van der Waals surface area contributed by atoms with Crippen molar-refractivity contribution in [1.82, 2.24) is 4.98 Å².